The molecule has 2 atom stereocenters. The molecule has 13 heteroatoms. The normalized spacial score (nSPS) is 20.7. The molecule has 0 radical (unpaired) electrons. The second kappa shape index (κ2) is 10.7. The maximum Gasteiger partial charge on any atom is 0.348 e. The number of nitrogens with zero attached hydrogens (tertiary/aromatic N) is 3. The summed E-state index contributed by atoms with van der Waals surface area (Å²) in [7, 11) is 1.55. The number of amides is 2. The number of aromatic carboxylic acids is 1. The predicted octanol–water partition coefficient (Wildman–Crippen LogP) is 3.43. The summed E-state index contributed by atoms with van der Waals surface area (Å²) in [6.45, 7) is 3.80. The summed E-state index contributed by atoms with van der Waals surface area (Å²) in [5.41, 5.74) is 0.781. The van der Waals surface area contributed by atoms with Crippen LogP contribution in [0.25, 0.3) is 0 Å². The molecule has 4 heterocycles. The van der Waals surface area contributed by atoms with E-state index in [9.17, 15) is 19.5 Å². The third-order valence-corrected chi connectivity index (χ3v) is 8.44. The number of nitrogens with one attached hydrogen (secondary N) is 2. The summed E-state index contributed by atoms with van der Waals surface area (Å²) in [5, 5.41) is 13.6. The van der Waals surface area contributed by atoms with Gasteiger partial charge in [0.25, 0.3) is 11.8 Å². The Hall–Kier alpha value is -2.34. The maximum atomic E-state index is 13.0. The van der Waals surface area contributed by atoms with Crippen molar-refractivity contribution in [3.8, 4) is 0 Å². The van der Waals surface area contributed by atoms with Gasteiger partial charge in [-0.2, -0.15) is 0 Å². The lowest BCUT2D eigenvalue weighted by molar-refractivity contribution is 0.0540. The molecule has 2 saturated heterocycles. The molecule has 2 unspecified atom stereocenters. The number of aryl methyl sites for hydroxylation is 1. The van der Waals surface area contributed by atoms with Crippen LogP contribution in [-0.2, 0) is 4.74 Å². The fourth-order valence-corrected chi connectivity index (χ4v) is 5.79. The first-order valence-electron chi connectivity index (χ1n) is 11.4. The molecule has 0 spiro atoms. The van der Waals surface area contributed by atoms with E-state index in [4.69, 9.17) is 27.9 Å². The lowest BCUT2D eigenvalue weighted by Gasteiger charge is -2.37. The number of hydrogen-bond acceptors (Lipinski definition) is 7. The zero-order valence-electron chi connectivity index (χ0n) is 19.4. The van der Waals surface area contributed by atoms with Crippen LogP contribution in [0.1, 0.15) is 62.0 Å². The van der Waals surface area contributed by atoms with Gasteiger partial charge in [-0.3, -0.25) is 9.59 Å². The second-order valence-corrected chi connectivity index (χ2v) is 10.4. The van der Waals surface area contributed by atoms with E-state index in [1.54, 1.807) is 18.9 Å². The van der Waals surface area contributed by atoms with Crippen molar-refractivity contribution < 1.29 is 24.2 Å². The van der Waals surface area contributed by atoms with Gasteiger partial charge in [0, 0.05) is 39.0 Å². The summed E-state index contributed by atoms with van der Waals surface area (Å²) in [6.07, 6.45) is 2.99. The van der Waals surface area contributed by atoms with Crippen molar-refractivity contribution in [2.24, 2.45) is 0 Å². The third kappa shape index (κ3) is 5.28. The molecule has 4 rings (SSSR count). The number of carboxylic acids is 1. The van der Waals surface area contributed by atoms with Crippen molar-refractivity contribution in [2.75, 3.05) is 38.2 Å². The lowest BCUT2D eigenvalue weighted by Crippen LogP contribution is -2.55. The molecule has 3 N–H and O–H groups in total. The number of halogens is 2. The lowest BCUT2D eigenvalue weighted by atomic mass is 10.0. The van der Waals surface area contributed by atoms with Gasteiger partial charge < -0.3 is 29.9 Å². The fraction of sp³-hybridized carbons (Fsp3) is 0.545. The predicted molar refractivity (Wildman–Crippen MR) is 133 cm³/mol. The topological polar surface area (TPSA) is 128 Å². The van der Waals surface area contributed by atoms with Crippen LogP contribution in [0.15, 0.2) is 0 Å². The summed E-state index contributed by atoms with van der Waals surface area (Å²) in [4.78, 5) is 48.5. The quantitative estimate of drug-likeness (QED) is 0.509. The number of H-pyrrole nitrogens is 1. The van der Waals surface area contributed by atoms with Gasteiger partial charge in [-0.25, -0.2) is 9.78 Å². The monoisotopic (exact) mass is 543 g/mol. The Morgan fingerprint density at radius 2 is 1.89 bits per heavy atom. The number of rotatable bonds is 6. The molecular weight excluding hydrogens is 517 g/mol. The summed E-state index contributed by atoms with van der Waals surface area (Å²) >= 11 is 13.2. The Morgan fingerprint density at radius 1 is 1.17 bits per heavy atom. The number of ether oxygens (including phenoxy) is 1. The molecule has 2 fully saturated rings. The number of methoxy groups -OCH3 is 1. The molecule has 0 aromatic carbocycles. The van der Waals surface area contributed by atoms with Crippen molar-refractivity contribution in [1.82, 2.24) is 20.2 Å². The standard InChI is InChI=1S/C22H27Cl2N5O5S/c1-11-14(23)15(24)16(25-11)19(30)26-12-6-9-29(10-13(12)34-2)22-27-17(18(35-22)21(32)33)20(31)28-7-4-3-5-8-28/h12-13,25H,3-10H2,1-2H3,(H,26,30)(H,32,33). The third-order valence-electron chi connectivity index (χ3n) is 6.39. The summed E-state index contributed by atoms with van der Waals surface area (Å²) in [5.74, 6) is -1.90. The van der Waals surface area contributed by atoms with Crippen molar-refractivity contribution in [2.45, 2.75) is 44.8 Å². The van der Waals surface area contributed by atoms with Crippen LogP contribution in [-0.4, -0.2) is 83.2 Å². The number of carbonyl (C=O) groups excluding carboxylic acids is 2. The Labute approximate surface area is 216 Å². The number of carbonyl (C=O) groups is 3. The van der Waals surface area contributed by atoms with Crippen LogP contribution in [0, 0.1) is 6.92 Å². The molecule has 2 aromatic heterocycles. The van der Waals surface area contributed by atoms with Crippen LogP contribution >= 0.6 is 34.5 Å². The molecule has 35 heavy (non-hydrogen) atoms. The van der Waals surface area contributed by atoms with E-state index >= 15 is 0 Å². The zero-order valence-corrected chi connectivity index (χ0v) is 21.7. The average Bonchev–Trinajstić information content (AvgIpc) is 3.42. The smallest absolute Gasteiger partial charge is 0.348 e. The molecule has 190 valence electrons. The van der Waals surface area contributed by atoms with E-state index in [1.807, 2.05) is 4.90 Å². The molecule has 0 bridgehead atoms. The van der Waals surface area contributed by atoms with E-state index < -0.39 is 12.1 Å². The summed E-state index contributed by atoms with van der Waals surface area (Å²) < 4.78 is 5.64. The Morgan fingerprint density at radius 3 is 2.49 bits per heavy atom. The Bertz CT molecular complexity index is 1130. The first-order chi connectivity index (χ1) is 16.7. The molecular formula is C22H27Cl2N5O5S. The molecule has 10 nitrogen and oxygen atoms in total. The number of thiazole rings is 1. The Balaban J connectivity index is 1.48. The minimum Gasteiger partial charge on any atom is -0.477 e. The van der Waals surface area contributed by atoms with Gasteiger partial charge in [0.1, 0.15) is 10.6 Å². The van der Waals surface area contributed by atoms with Crippen LogP contribution in [0.3, 0.4) is 0 Å². The van der Waals surface area contributed by atoms with E-state index in [0.717, 1.165) is 30.6 Å². The fourth-order valence-electron chi connectivity index (χ4n) is 4.44. The summed E-state index contributed by atoms with van der Waals surface area (Å²) in [6, 6.07) is -0.310. The van der Waals surface area contributed by atoms with Crippen LogP contribution in [0.2, 0.25) is 10.0 Å². The van der Waals surface area contributed by atoms with E-state index in [1.165, 1.54) is 0 Å². The van der Waals surface area contributed by atoms with Gasteiger partial charge >= 0.3 is 5.97 Å². The minimum absolute atomic E-state index is 0.0163. The highest BCUT2D eigenvalue weighted by molar-refractivity contribution is 7.17. The van der Waals surface area contributed by atoms with Gasteiger partial charge in [-0.1, -0.05) is 34.5 Å². The van der Waals surface area contributed by atoms with Crippen molar-refractivity contribution in [3.05, 3.63) is 32.0 Å². The zero-order chi connectivity index (χ0) is 25.3. The molecule has 0 saturated carbocycles. The SMILES string of the molecule is COC1CN(c2nc(C(=O)N3CCCCC3)c(C(=O)O)s2)CCC1NC(=O)c1[nH]c(C)c(Cl)c1Cl. The number of likely N-dealkylation sites (tertiary alicyclic amines) is 1. The number of carboxylic acid groups (broad SMARTS) is 1. The molecule has 2 aliphatic rings. The van der Waals surface area contributed by atoms with Crippen LogP contribution in [0.4, 0.5) is 5.13 Å². The number of aromatic amines is 1. The van der Waals surface area contributed by atoms with Crippen molar-refractivity contribution in [3.63, 3.8) is 0 Å². The van der Waals surface area contributed by atoms with Gasteiger partial charge in [0.05, 0.1) is 22.2 Å². The van der Waals surface area contributed by atoms with Gasteiger partial charge in [-0.15, -0.1) is 0 Å². The van der Waals surface area contributed by atoms with Gasteiger partial charge in [0.2, 0.25) is 0 Å². The van der Waals surface area contributed by atoms with Crippen LogP contribution in [0.5, 0.6) is 0 Å². The van der Waals surface area contributed by atoms with Crippen molar-refractivity contribution in [1.29, 1.82) is 0 Å². The van der Waals surface area contributed by atoms with Crippen LogP contribution < -0.4 is 10.2 Å². The highest BCUT2D eigenvalue weighted by Crippen LogP contribution is 2.32. The highest BCUT2D eigenvalue weighted by atomic mass is 35.5. The maximum absolute atomic E-state index is 13.0. The molecule has 0 aliphatic carbocycles. The largest absolute Gasteiger partial charge is 0.477 e. The Kier molecular flexibility index (Phi) is 7.89. The van der Waals surface area contributed by atoms with E-state index in [2.05, 4.69) is 15.3 Å². The first kappa shape index (κ1) is 25.7. The van der Waals surface area contributed by atoms with Gasteiger partial charge in [0.15, 0.2) is 10.8 Å². The van der Waals surface area contributed by atoms with E-state index in [0.29, 0.717) is 48.4 Å². The highest BCUT2D eigenvalue weighted by Gasteiger charge is 2.35. The van der Waals surface area contributed by atoms with Gasteiger partial charge in [-0.05, 0) is 32.6 Å². The first-order valence-corrected chi connectivity index (χ1v) is 12.9. The number of piperidine rings is 2. The minimum atomic E-state index is -1.17. The average molecular weight is 544 g/mol. The molecule has 2 amide bonds. The number of hydrogen-bond donors (Lipinski definition) is 3. The van der Waals surface area contributed by atoms with Crippen molar-refractivity contribution >= 4 is 57.5 Å². The van der Waals surface area contributed by atoms with E-state index in [-0.39, 0.29) is 39.1 Å². The molecule has 2 aromatic rings. The number of anilines is 1. The second-order valence-electron chi connectivity index (χ2n) is 8.67. The number of aromatic nitrogens is 2. The molecule has 2 aliphatic heterocycles.